The number of benzene rings is 3. The maximum Gasteiger partial charge on any atom is 0.233 e. The molecule has 1 aliphatic heterocycles. The molecule has 0 atom stereocenters. The summed E-state index contributed by atoms with van der Waals surface area (Å²) in [5.74, 6) is -0.409. The number of H-pyrrole nitrogens is 1. The summed E-state index contributed by atoms with van der Waals surface area (Å²) >= 11 is 1.22. The highest BCUT2D eigenvalue weighted by Crippen LogP contribution is 2.38. The molecule has 4 rings (SSSR count). The molecule has 0 saturated heterocycles. The van der Waals surface area contributed by atoms with Gasteiger partial charge >= 0.3 is 0 Å². The lowest BCUT2D eigenvalue weighted by Gasteiger charge is -2.13. The largest absolute Gasteiger partial charge is 0.744 e. The Kier molecular flexibility index (Phi) is 3.84. The molecule has 138 valence electrons. The third-order valence-corrected chi connectivity index (χ3v) is 6.39. The summed E-state index contributed by atoms with van der Waals surface area (Å²) in [6.45, 7) is 0. The number of fused-ring (bicyclic) bond motifs is 4. The predicted molar refractivity (Wildman–Crippen MR) is 103 cm³/mol. The van der Waals surface area contributed by atoms with Gasteiger partial charge < -0.3 is 14.6 Å². The van der Waals surface area contributed by atoms with Gasteiger partial charge in [-0.15, -0.1) is 11.3 Å². The van der Waals surface area contributed by atoms with Gasteiger partial charge in [0, 0.05) is 31.2 Å². The number of nitrogens with zero attached hydrogens (tertiary/aromatic N) is 1. The Bertz CT molecular complexity index is 1360. The molecule has 0 amide bonds. The molecule has 1 aliphatic carbocycles. The zero-order chi connectivity index (χ0) is 19.5. The van der Waals surface area contributed by atoms with Crippen LogP contribution < -0.4 is 15.3 Å². The van der Waals surface area contributed by atoms with Crippen LogP contribution in [0, 0.1) is 0 Å². The summed E-state index contributed by atoms with van der Waals surface area (Å²) in [6.07, 6.45) is 0. The standard InChI is InChI=1S/C18H14N2O5S2/c1-20(2)9-3-6-13-14(7-9)26-18-15(19-13)12-8-10(27(23,24)25)4-5-11(12)16(21)17(18)22/h3-8,22H,1-2H3,(H,23,24,25). The van der Waals surface area contributed by atoms with Crippen molar-refractivity contribution in [2.75, 3.05) is 19.0 Å². The van der Waals surface area contributed by atoms with E-state index in [9.17, 15) is 22.9 Å². The Morgan fingerprint density at radius 1 is 1.11 bits per heavy atom. The van der Waals surface area contributed by atoms with E-state index in [0.717, 1.165) is 22.0 Å². The van der Waals surface area contributed by atoms with E-state index in [-0.39, 0.29) is 10.8 Å². The number of rotatable bonds is 2. The van der Waals surface area contributed by atoms with Gasteiger partial charge in [-0.05, 0) is 30.3 Å². The van der Waals surface area contributed by atoms with Gasteiger partial charge in [0.05, 0.1) is 10.3 Å². The molecule has 0 fully saturated rings. The third kappa shape index (κ3) is 2.80. The number of phenols is 1. The lowest BCUT2D eigenvalue weighted by atomic mass is 10.0. The third-order valence-electron chi connectivity index (χ3n) is 4.40. The van der Waals surface area contributed by atoms with Gasteiger partial charge in [-0.1, -0.05) is 0 Å². The molecule has 0 radical (unpaired) electrons. The molecule has 7 nitrogen and oxygen atoms in total. The van der Waals surface area contributed by atoms with Crippen molar-refractivity contribution in [3.63, 3.8) is 0 Å². The number of phenolic OH excluding ortho intramolecular Hbond substituents is 1. The Labute approximate surface area is 158 Å². The number of hydrogen-bond donors (Lipinski definition) is 1. The van der Waals surface area contributed by atoms with Crippen molar-refractivity contribution >= 4 is 48.1 Å². The zero-order valence-electron chi connectivity index (χ0n) is 14.3. The fraction of sp³-hybridized carbons (Fsp3) is 0.111. The summed E-state index contributed by atoms with van der Waals surface area (Å²) in [6, 6.07) is 9.19. The summed E-state index contributed by atoms with van der Waals surface area (Å²) in [5.41, 5.74) is 1.50. The first-order valence-corrected chi connectivity index (χ1v) is 10.1. The smallest absolute Gasteiger partial charge is 0.233 e. The monoisotopic (exact) mass is 402 g/mol. The van der Waals surface area contributed by atoms with Crippen molar-refractivity contribution in [3.05, 3.63) is 46.6 Å². The van der Waals surface area contributed by atoms with Crippen LogP contribution >= 0.6 is 11.3 Å². The first-order valence-electron chi connectivity index (χ1n) is 7.88. The second-order valence-corrected chi connectivity index (χ2v) is 8.78. The number of aromatic hydroxyl groups is 1. The van der Waals surface area contributed by atoms with Crippen LogP contribution in [-0.2, 0) is 10.1 Å². The number of hydrogen-bond acceptors (Lipinski definition) is 7. The fourth-order valence-electron chi connectivity index (χ4n) is 3.00. The molecule has 2 aromatic rings. The maximum atomic E-state index is 12.5. The van der Waals surface area contributed by atoms with Crippen LogP contribution in [0.5, 0.6) is 5.75 Å². The van der Waals surface area contributed by atoms with Crippen LogP contribution in [0.3, 0.4) is 0 Å². The average molecular weight is 402 g/mol. The predicted octanol–water partition coefficient (Wildman–Crippen LogP) is 2.01. The van der Waals surface area contributed by atoms with E-state index in [0.29, 0.717) is 10.6 Å². The summed E-state index contributed by atoms with van der Waals surface area (Å²) < 4.78 is 35.0. The lowest BCUT2D eigenvalue weighted by Crippen LogP contribution is -2.15. The van der Waals surface area contributed by atoms with Crippen molar-refractivity contribution in [2.45, 2.75) is 4.90 Å². The Balaban J connectivity index is 2.17. The Morgan fingerprint density at radius 2 is 1.85 bits per heavy atom. The highest BCUT2D eigenvalue weighted by molar-refractivity contribution is 7.85. The Hall–Kier alpha value is -2.75. The summed E-state index contributed by atoms with van der Waals surface area (Å²) in [5, 5.41) is 10.8. The maximum absolute atomic E-state index is 12.5. The minimum Gasteiger partial charge on any atom is -0.744 e. The van der Waals surface area contributed by atoms with E-state index >= 15 is 0 Å². The van der Waals surface area contributed by atoms with Gasteiger partial charge in [-0.25, -0.2) is 13.4 Å². The van der Waals surface area contributed by atoms with Gasteiger partial charge in [-0.3, -0.25) is 4.79 Å². The molecule has 0 spiro atoms. The van der Waals surface area contributed by atoms with Crippen molar-refractivity contribution in [3.8, 4) is 16.3 Å². The number of aromatic nitrogens is 1. The molecule has 2 aliphatic rings. The quantitative estimate of drug-likeness (QED) is 0.312. The van der Waals surface area contributed by atoms with Crippen molar-refractivity contribution in [1.29, 1.82) is 0 Å². The molecule has 2 N–H and O–H groups in total. The molecular weight excluding hydrogens is 388 g/mol. The summed E-state index contributed by atoms with van der Waals surface area (Å²) in [7, 11) is -0.864. The van der Waals surface area contributed by atoms with E-state index in [4.69, 9.17) is 0 Å². The second kappa shape index (κ2) is 5.88. The summed E-state index contributed by atoms with van der Waals surface area (Å²) in [4.78, 5) is 17.5. The van der Waals surface area contributed by atoms with E-state index in [1.807, 2.05) is 37.2 Å². The van der Waals surface area contributed by atoms with Crippen LogP contribution in [0.2, 0.25) is 0 Å². The molecule has 0 unspecified atom stereocenters. The second-order valence-electron chi connectivity index (χ2n) is 6.35. The van der Waals surface area contributed by atoms with Crippen LogP contribution in [0.4, 0.5) is 5.69 Å². The average Bonchev–Trinajstić information content (AvgIpc) is 2.63. The SMILES string of the molecule is CN(C)c1ccc2[nH+]c3c4cc(S(=O)(=O)[O-])ccc4c(=O)c(O)c-3sc2c1. The molecule has 9 heteroatoms. The molecule has 0 bridgehead atoms. The number of nitrogens with one attached hydrogen (secondary N) is 1. The van der Waals surface area contributed by atoms with Crippen LogP contribution in [0.25, 0.3) is 31.6 Å². The van der Waals surface area contributed by atoms with E-state index < -0.39 is 26.2 Å². The Morgan fingerprint density at radius 3 is 2.52 bits per heavy atom. The van der Waals surface area contributed by atoms with Crippen molar-refractivity contribution in [2.24, 2.45) is 0 Å². The van der Waals surface area contributed by atoms with E-state index in [1.165, 1.54) is 23.5 Å². The fourth-order valence-corrected chi connectivity index (χ4v) is 4.58. The number of aromatic amines is 1. The minimum atomic E-state index is -4.67. The molecule has 0 aromatic heterocycles. The van der Waals surface area contributed by atoms with E-state index in [2.05, 4.69) is 4.98 Å². The van der Waals surface area contributed by atoms with Crippen LogP contribution in [-0.4, -0.2) is 32.2 Å². The zero-order valence-corrected chi connectivity index (χ0v) is 15.9. The number of anilines is 1. The van der Waals surface area contributed by atoms with Gasteiger partial charge in [-0.2, -0.15) is 0 Å². The highest BCUT2D eigenvalue weighted by atomic mass is 32.2. The molecule has 27 heavy (non-hydrogen) atoms. The topological polar surface area (TPSA) is 112 Å². The van der Waals surface area contributed by atoms with Crippen LogP contribution in [0.1, 0.15) is 0 Å². The minimum absolute atomic E-state index is 0.139. The van der Waals surface area contributed by atoms with Crippen molar-refractivity contribution in [1.82, 2.24) is 0 Å². The lowest BCUT2D eigenvalue weighted by molar-refractivity contribution is -0.328. The van der Waals surface area contributed by atoms with Crippen LogP contribution in [0.15, 0.2) is 46.1 Å². The van der Waals surface area contributed by atoms with Gasteiger partial charge in [0.2, 0.25) is 16.6 Å². The van der Waals surface area contributed by atoms with E-state index in [1.54, 1.807) is 0 Å². The normalized spacial score (nSPS) is 12.1. The molecule has 1 heterocycles. The first kappa shape index (κ1) is 17.7. The van der Waals surface area contributed by atoms with Gasteiger partial charge in [0.15, 0.2) is 5.75 Å². The molecule has 0 saturated carbocycles. The van der Waals surface area contributed by atoms with Gasteiger partial charge in [0.1, 0.15) is 19.7 Å². The molecule has 2 aromatic carbocycles. The van der Waals surface area contributed by atoms with Crippen molar-refractivity contribution < 1.29 is 23.1 Å². The molecular formula is C18H14N2O5S2. The highest BCUT2D eigenvalue weighted by Gasteiger charge is 2.25. The van der Waals surface area contributed by atoms with Gasteiger partial charge in [0.25, 0.3) is 0 Å². The first-order chi connectivity index (χ1) is 12.7.